The Kier molecular flexibility index (Phi) is 6.98. The van der Waals surface area contributed by atoms with E-state index in [1.54, 1.807) is 11.0 Å². The van der Waals surface area contributed by atoms with Gasteiger partial charge >= 0.3 is 12.1 Å². The van der Waals surface area contributed by atoms with Crippen LogP contribution in [0.2, 0.25) is 0 Å². The quantitative estimate of drug-likeness (QED) is 0.545. The molecular formula is C22H20F4N4O2. The Hall–Kier alpha value is -3.61. The van der Waals surface area contributed by atoms with Crippen LogP contribution in [0.5, 0.6) is 0 Å². The summed E-state index contributed by atoms with van der Waals surface area (Å²) in [7, 11) is 0. The maximum atomic E-state index is 13.3. The molecule has 2 unspecified atom stereocenters. The molecule has 1 saturated heterocycles. The molecule has 0 spiro atoms. The van der Waals surface area contributed by atoms with Gasteiger partial charge in [0.05, 0.1) is 18.2 Å². The van der Waals surface area contributed by atoms with Gasteiger partial charge in [-0.25, -0.2) is 9.37 Å². The second kappa shape index (κ2) is 9.68. The lowest BCUT2D eigenvalue weighted by Crippen LogP contribution is -2.54. The minimum Gasteiger partial charge on any atom is -0.355 e. The lowest BCUT2D eigenvalue weighted by Gasteiger charge is -2.40. The van der Waals surface area contributed by atoms with E-state index in [-0.39, 0.29) is 18.7 Å². The summed E-state index contributed by atoms with van der Waals surface area (Å²) >= 11 is 0. The molecule has 3 rings (SSSR count). The molecule has 1 fully saturated rings. The minimum atomic E-state index is -5.03. The Balaban J connectivity index is 1.79. The van der Waals surface area contributed by atoms with Crippen molar-refractivity contribution in [2.75, 3.05) is 24.5 Å². The van der Waals surface area contributed by atoms with Crippen molar-refractivity contribution in [3.63, 3.8) is 0 Å². The number of hydrogen-bond donors (Lipinski definition) is 2. The molecule has 2 heterocycles. The van der Waals surface area contributed by atoms with Crippen LogP contribution in [-0.4, -0.2) is 48.7 Å². The van der Waals surface area contributed by atoms with E-state index in [1.165, 1.54) is 36.5 Å². The normalized spacial score (nSPS) is 18.5. The number of nitrogens with zero attached hydrogens (tertiary/aromatic N) is 2. The number of amides is 2. The molecular weight excluding hydrogens is 428 g/mol. The number of rotatable bonds is 5. The van der Waals surface area contributed by atoms with E-state index in [1.807, 2.05) is 0 Å². The number of anilines is 1. The molecule has 168 valence electrons. The van der Waals surface area contributed by atoms with Crippen molar-refractivity contribution >= 4 is 17.6 Å². The molecule has 2 atom stereocenters. The monoisotopic (exact) mass is 448 g/mol. The number of pyridine rings is 1. The van der Waals surface area contributed by atoms with Gasteiger partial charge in [-0.15, -0.1) is 6.42 Å². The first-order chi connectivity index (χ1) is 15.2. The van der Waals surface area contributed by atoms with Crippen molar-refractivity contribution in [3.05, 3.63) is 59.5 Å². The second-order valence-electron chi connectivity index (χ2n) is 7.26. The summed E-state index contributed by atoms with van der Waals surface area (Å²) in [6, 6.07) is 7.69. The highest BCUT2D eigenvalue weighted by molar-refractivity contribution is 5.94. The first-order valence-corrected chi connectivity index (χ1v) is 9.75. The predicted molar refractivity (Wildman–Crippen MR) is 109 cm³/mol. The van der Waals surface area contributed by atoms with Gasteiger partial charge in [0.25, 0.3) is 5.91 Å². The molecule has 6 nitrogen and oxygen atoms in total. The lowest BCUT2D eigenvalue weighted by molar-refractivity contribution is -0.174. The van der Waals surface area contributed by atoms with Crippen LogP contribution >= 0.6 is 0 Å². The van der Waals surface area contributed by atoms with Crippen LogP contribution in [-0.2, 0) is 4.79 Å². The zero-order valence-corrected chi connectivity index (χ0v) is 16.8. The third kappa shape index (κ3) is 5.55. The van der Waals surface area contributed by atoms with Crippen LogP contribution in [0.4, 0.5) is 23.4 Å². The van der Waals surface area contributed by atoms with E-state index in [2.05, 4.69) is 21.5 Å². The molecule has 0 aliphatic carbocycles. The van der Waals surface area contributed by atoms with E-state index in [0.29, 0.717) is 24.3 Å². The lowest BCUT2D eigenvalue weighted by atomic mass is 9.85. The SMILES string of the molecule is C#CCNC(=O)c1ccc(N2CCC(c3ccc(F)cc3)C(NC(=O)C(F)(F)F)C2)nc1. The first kappa shape index (κ1) is 23.1. The minimum absolute atomic E-state index is 0.0551. The molecule has 0 saturated carbocycles. The summed E-state index contributed by atoms with van der Waals surface area (Å²) in [4.78, 5) is 29.5. The summed E-state index contributed by atoms with van der Waals surface area (Å²) in [5, 5.41) is 4.57. The summed E-state index contributed by atoms with van der Waals surface area (Å²) < 4.78 is 51.9. The molecule has 2 amide bonds. The number of hydrogen-bond acceptors (Lipinski definition) is 4. The highest BCUT2D eigenvalue weighted by Crippen LogP contribution is 2.31. The Morgan fingerprint density at radius 1 is 1.19 bits per heavy atom. The number of terminal acetylenes is 1. The molecule has 0 bridgehead atoms. The third-order valence-corrected chi connectivity index (χ3v) is 5.17. The maximum Gasteiger partial charge on any atom is 0.471 e. The topological polar surface area (TPSA) is 74.3 Å². The molecule has 1 aliphatic rings. The first-order valence-electron chi connectivity index (χ1n) is 9.75. The number of carbonyl (C=O) groups excluding carboxylic acids is 2. The second-order valence-corrected chi connectivity index (χ2v) is 7.26. The van der Waals surface area contributed by atoms with Gasteiger partial charge in [-0.05, 0) is 36.2 Å². The van der Waals surface area contributed by atoms with Crippen molar-refractivity contribution in [1.29, 1.82) is 0 Å². The summed E-state index contributed by atoms with van der Waals surface area (Å²) in [5.41, 5.74) is 0.916. The summed E-state index contributed by atoms with van der Waals surface area (Å²) in [5.74, 6) is -0.598. The number of halogens is 4. The van der Waals surface area contributed by atoms with Gasteiger partial charge in [-0.1, -0.05) is 18.1 Å². The average molecular weight is 448 g/mol. The van der Waals surface area contributed by atoms with E-state index in [4.69, 9.17) is 6.42 Å². The third-order valence-electron chi connectivity index (χ3n) is 5.17. The van der Waals surface area contributed by atoms with Gasteiger partial charge in [0.2, 0.25) is 0 Å². The largest absolute Gasteiger partial charge is 0.471 e. The van der Waals surface area contributed by atoms with Crippen molar-refractivity contribution in [3.8, 4) is 12.3 Å². The highest BCUT2D eigenvalue weighted by Gasteiger charge is 2.42. The van der Waals surface area contributed by atoms with Crippen molar-refractivity contribution in [1.82, 2.24) is 15.6 Å². The number of benzene rings is 1. The fourth-order valence-electron chi connectivity index (χ4n) is 3.61. The zero-order valence-electron chi connectivity index (χ0n) is 16.8. The Morgan fingerprint density at radius 2 is 1.91 bits per heavy atom. The number of nitrogens with one attached hydrogen (secondary N) is 2. The van der Waals surface area contributed by atoms with Gasteiger partial charge in [0.15, 0.2) is 0 Å². The van der Waals surface area contributed by atoms with Gasteiger partial charge in [-0.3, -0.25) is 9.59 Å². The summed E-state index contributed by atoms with van der Waals surface area (Å²) in [6.07, 6.45) is 1.83. The average Bonchev–Trinajstić information content (AvgIpc) is 2.77. The van der Waals surface area contributed by atoms with E-state index in [9.17, 15) is 27.2 Å². The molecule has 1 aromatic carbocycles. The van der Waals surface area contributed by atoms with Crippen LogP contribution in [0.25, 0.3) is 0 Å². The van der Waals surface area contributed by atoms with Crippen LogP contribution in [0.15, 0.2) is 42.6 Å². The maximum absolute atomic E-state index is 13.3. The molecule has 0 radical (unpaired) electrons. The number of alkyl halides is 3. The van der Waals surface area contributed by atoms with Gasteiger partial charge in [-0.2, -0.15) is 13.2 Å². The van der Waals surface area contributed by atoms with E-state index in [0.717, 1.165) is 0 Å². The fourth-order valence-corrected chi connectivity index (χ4v) is 3.61. The molecule has 2 N–H and O–H groups in total. The molecule has 1 aliphatic heterocycles. The van der Waals surface area contributed by atoms with E-state index < -0.39 is 35.8 Å². The van der Waals surface area contributed by atoms with Crippen LogP contribution in [0.1, 0.15) is 28.3 Å². The van der Waals surface area contributed by atoms with Crippen molar-refractivity contribution in [2.45, 2.75) is 24.6 Å². The Morgan fingerprint density at radius 3 is 2.50 bits per heavy atom. The predicted octanol–water partition coefficient (Wildman–Crippen LogP) is 2.62. The van der Waals surface area contributed by atoms with Crippen molar-refractivity contribution < 1.29 is 27.2 Å². The molecule has 32 heavy (non-hydrogen) atoms. The smallest absolute Gasteiger partial charge is 0.355 e. The van der Waals surface area contributed by atoms with Gasteiger partial charge < -0.3 is 15.5 Å². The van der Waals surface area contributed by atoms with Gasteiger partial charge in [0, 0.05) is 25.2 Å². The van der Waals surface area contributed by atoms with Crippen LogP contribution in [0.3, 0.4) is 0 Å². The van der Waals surface area contributed by atoms with Gasteiger partial charge in [0.1, 0.15) is 11.6 Å². The zero-order chi connectivity index (χ0) is 23.3. The van der Waals surface area contributed by atoms with E-state index >= 15 is 0 Å². The fraction of sp³-hybridized carbons (Fsp3) is 0.318. The number of carbonyl (C=O) groups is 2. The van der Waals surface area contributed by atoms with Crippen LogP contribution < -0.4 is 15.5 Å². The Bertz CT molecular complexity index is 1000. The molecule has 10 heteroatoms. The summed E-state index contributed by atoms with van der Waals surface area (Å²) in [6.45, 7) is 0.563. The number of piperidine rings is 1. The molecule has 1 aromatic heterocycles. The highest BCUT2D eigenvalue weighted by atomic mass is 19.4. The molecule has 2 aromatic rings. The van der Waals surface area contributed by atoms with Crippen LogP contribution in [0, 0.1) is 18.2 Å². The Labute approximate surface area is 182 Å². The standard InChI is InChI=1S/C22H20F4N4O2/c1-2-10-27-20(31)15-5-8-19(28-12-15)30-11-9-17(14-3-6-16(23)7-4-14)18(13-30)29-21(32)22(24,25)26/h1,3-8,12,17-18H,9-11,13H2,(H,27,31)(H,29,32). The number of aromatic nitrogens is 1. The van der Waals surface area contributed by atoms with Crippen molar-refractivity contribution in [2.24, 2.45) is 0 Å².